The number of rotatable bonds is 2. The number of halogens is 2. The molecule has 62 valence electrons. The van der Waals surface area contributed by atoms with Gasteiger partial charge in [-0.05, 0) is 6.07 Å². The molecule has 0 aliphatic heterocycles. The monoisotopic (exact) mass is 177 g/mol. The molecule has 3 nitrogen and oxygen atoms in total. The largest absolute Gasteiger partial charge is 0.271 e. The predicted octanol–water partition coefficient (Wildman–Crippen LogP) is 0.606. The Morgan fingerprint density at radius 2 is 2.36 bits per heavy atom. The van der Waals surface area contributed by atoms with Gasteiger partial charge in [0.1, 0.15) is 5.82 Å². The maximum atomic E-state index is 12.6. The van der Waals surface area contributed by atoms with Crippen molar-refractivity contribution in [1.29, 1.82) is 0 Å². The van der Waals surface area contributed by atoms with E-state index < -0.39 is 0 Å². The summed E-state index contributed by atoms with van der Waals surface area (Å²) < 4.78 is 12.6. The van der Waals surface area contributed by atoms with E-state index in [1.165, 1.54) is 6.20 Å². The van der Waals surface area contributed by atoms with E-state index >= 15 is 0 Å². The molecule has 1 aromatic heterocycles. The van der Waals surface area contributed by atoms with Crippen LogP contribution in [-0.2, 0) is 6.54 Å². The summed E-state index contributed by atoms with van der Waals surface area (Å²) in [6.45, 7) is 0.328. The van der Waals surface area contributed by atoms with Crippen molar-refractivity contribution in [2.75, 3.05) is 0 Å². The van der Waals surface area contributed by atoms with Crippen molar-refractivity contribution >= 4 is 12.4 Å². The van der Waals surface area contributed by atoms with Crippen LogP contribution in [0.4, 0.5) is 4.39 Å². The minimum Gasteiger partial charge on any atom is -0.271 e. The van der Waals surface area contributed by atoms with E-state index in [4.69, 9.17) is 5.84 Å². The van der Waals surface area contributed by atoms with Crippen molar-refractivity contribution in [1.82, 2.24) is 10.4 Å². The Hall–Kier alpha value is -0.710. The molecule has 0 spiro atoms. The zero-order valence-corrected chi connectivity index (χ0v) is 6.57. The summed E-state index contributed by atoms with van der Waals surface area (Å²) in [7, 11) is 0. The highest BCUT2D eigenvalue weighted by Gasteiger charge is 1.97. The third-order valence-corrected chi connectivity index (χ3v) is 1.15. The summed E-state index contributed by atoms with van der Waals surface area (Å²) in [5.74, 6) is 4.66. The second kappa shape index (κ2) is 5.01. The molecular formula is C6H9ClFN3. The molecular weight excluding hydrogens is 169 g/mol. The first-order valence-electron chi connectivity index (χ1n) is 2.86. The SMILES string of the molecule is Cl.NNCc1ccncc1F. The number of nitrogens with two attached hydrogens (primary N) is 1. The van der Waals surface area contributed by atoms with Crippen LogP contribution in [-0.4, -0.2) is 4.98 Å². The number of hydrazine groups is 1. The summed E-state index contributed by atoms with van der Waals surface area (Å²) >= 11 is 0. The fourth-order valence-electron chi connectivity index (χ4n) is 0.657. The van der Waals surface area contributed by atoms with Gasteiger partial charge in [0.05, 0.1) is 6.20 Å². The van der Waals surface area contributed by atoms with Gasteiger partial charge in [-0.25, -0.2) is 4.39 Å². The van der Waals surface area contributed by atoms with E-state index in [0.29, 0.717) is 12.1 Å². The summed E-state index contributed by atoms with van der Waals surface area (Å²) in [5, 5.41) is 0. The molecule has 1 aromatic rings. The highest BCUT2D eigenvalue weighted by molar-refractivity contribution is 5.85. The second-order valence-corrected chi connectivity index (χ2v) is 1.85. The molecule has 0 aliphatic rings. The van der Waals surface area contributed by atoms with Crippen LogP contribution in [0.3, 0.4) is 0 Å². The van der Waals surface area contributed by atoms with Gasteiger partial charge in [-0.3, -0.25) is 16.3 Å². The molecule has 0 saturated heterocycles. The molecule has 5 heteroatoms. The van der Waals surface area contributed by atoms with Crippen LogP contribution in [0, 0.1) is 5.82 Å². The van der Waals surface area contributed by atoms with Crippen molar-refractivity contribution in [2.45, 2.75) is 6.54 Å². The van der Waals surface area contributed by atoms with Crippen LogP contribution in [0.25, 0.3) is 0 Å². The molecule has 11 heavy (non-hydrogen) atoms. The maximum Gasteiger partial charge on any atom is 0.146 e. The molecule has 1 rings (SSSR count). The van der Waals surface area contributed by atoms with Crippen molar-refractivity contribution in [3.05, 3.63) is 29.8 Å². The highest BCUT2D eigenvalue weighted by atomic mass is 35.5. The number of hydrogen-bond donors (Lipinski definition) is 2. The molecule has 0 fully saturated rings. The quantitative estimate of drug-likeness (QED) is 0.514. The van der Waals surface area contributed by atoms with Gasteiger partial charge in [-0.1, -0.05) is 0 Å². The number of pyridine rings is 1. The Labute approximate surface area is 70.2 Å². The van der Waals surface area contributed by atoms with E-state index in [0.717, 1.165) is 6.20 Å². The number of nitrogens with zero attached hydrogens (tertiary/aromatic N) is 1. The lowest BCUT2D eigenvalue weighted by Gasteiger charge is -1.98. The Kier molecular flexibility index (Phi) is 4.69. The van der Waals surface area contributed by atoms with Crippen LogP contribution in [0.2, 0.25) is 0 Å². The van der Waals surface area contributed by atoms with E-state index in [9.17, 15) is 4.39 Å². The van der Waals surface area contributed by atoms with E-state index in [2.05, 4.69) is 10.4 Å². The van der Waals surface area contributed by atoms with Crippen LogP contribution in [0.1, 0.15) is 5.56 Å². The third-order valence-electron chi connectivity index (χ3n) is 1.15. The van der Waals surface area contributed by atoms with Crippen molar-refractivity contribution in [3.8, 4) is 0 Å². The molecule has 0 radical (unpaired) electrons. The third kappa shape index (κ3) is 2.80. The first-order valence-corrected chi connectivity index (χ1v) is 2.86. The number of hydrogen-bond acceptors (Lipinski definition) is 3. The lowest BCUT2D eigenvalue weighted by atomic mass is 10.2. The van der Waals surface area contributed by atoms with Crippen LogP contribution in [0.5, 0.6) is 0 Å². The summed E-state index contributed by atoms with van der Waals surface area (Å²) in [4.78, 5) is 3.58. The lowest BCUT2D eigenvalue weighted by molar-refractivity contribution is 0.588. The molecule has 0 atom stereocenters. The van der Waals surface area contributed by atoms with E-state index in [1.54, 1.807) is 6.07 Å². The molecule has 0 saturated carbocycles. The molecule has 0 unspecified atom stereocenters. The fourth-order valence-corrected chi connectivity index (χ4v) is 0.657. The Morgan fingerprint density at radius 1 is 1.64 bits per heavy atom. The normalized spacial score (nSPS) is 8.91. The Morgan fingerprint density at radius 3 is 2.91 bits per heavy atom. The van der Waals surface area contributed by atoms with Crippen molar-refractivity contribution in [3.63, 3.8) is 0 Å². The van der Waals surface area contributed by atoms with Gasteiger partial charge in [0, 0.05) is 18.3 Å². The van der Waals surface area contributed by atoms with Gasteiger partial charge in [-0.2, -0.15) is 0 Å². The van der Waals surface area contributed by atoms with Crippen molar-refractivity contribution < 1.29 is 4.39 Å². The zero-order chi connectivity index (χ0) is 7.40. The summed E-state index contributed by atoms with van der Waals surface area (Å²) in [6.07, 6.45) is 2.68. The molecule has 0 aliphatic carbocycles. The smallest absolute Gasteiger partial charge is 0.146 e. The van der Waals surface area contributed by atoms with Gasteiger partial charge >= 0.3 is 0 Å². The number of nitrogens with one attached hydrogen (secondary N) is 1. The second-order valence-electron chi connectivity index (χ2n) is 1.85. The van der Waals surface area contributed by atoms with E-state index in [-0.39, 0.29) is 18.2 Å². The van der Waals surface area contributed by atoms with Crippen LogP contribution < -0.4 is 11.3 Å². The lowest BCUT2D eigenvalue weighted by Crippen LogP contribution is -2.21. The molecule has 0 amide bonds. The van der Waals surface area contributed by atoms with Crippen LogP contribution >= 0.6 is 12.4 Å². The predicted molar refractivity (Wildman–Crippen MR) is 42.5 cm³/mol. The van der Waals surface area contributed by atoms with Gasteiger partial charge in [0.25, 0.3) is 0 Å². The number of aromatic nitrogens is 1. The van der Waals surface area contributed by atoms with Gasteiger partial charge in [0.2, 0.25) is 0 Å². The zero-order valence-electron chi connectivity index (χ0n) is 5.75. The first-order chi connectivity index (χ1) is 4.84. The topological polar surface area (TPSA) is 50.9 Å². The van der Waals surface area contributed by atoms with Crippen molar-refractivity contribution in [2.24, 2.45) is 5.84 Å². The maximum absolute atomic E-state index is 12.6. The van der Waals surface area contributed by atoms with Gasteiger partial charge in [0.15, 0.2) is 0 Å². The molecule has 0 aromatic carbocycles. The standard InChI is InChI=1S/C6H8FN3.ClH/c7-6-4-9-2-1-5(6)3-10-8;/h1-2,4,10H,3,8H2;1H. The van der Waals surface area contributed by atoms with E-state index in [1.807, 2.05) is 0 Å². The van der Waals surface area contributed by atoms with Crippen LogP contribution in [0.15, 0.2) is 18.5 Å². The molecule has 3 N–H and O–H groups in total. The average Bonchev–Trinajstić information content (AvgIpc) is 1.94. The molecule has 0 bridgehead atoms. The summed E-state index contributed by atoms with van der Waals surface area (Å²) in [6, 6.07) is 1.58. The Balaban J connectivity index is 0.000001000. The highest BCUT2D eigenvalue weighted by Crippen LogP contribution is 2.02. The van der Waals surface area contributed by atoms with Gasteiger partial charge in [-0.15, -0.1) is 12.4 Å². The average molecular weight is 178 g/mol. The molecule has 1 heterocycles. The fraction of sp³-hybridized carbons (Fsp3) is 0.167. The minimum atomic E-state index is -0.333. The first kappa shape index (κ1) is 10.3. The minimum absolute atomic E-state index is 0. The summed E-state index contributed by atoms with van der Waals surface area (Å²) in [5.41, 5.74) is 2.88. The van der Waals surface area contributed by atoms with Gasteiger partial charge < -0.3 is 0 Å². The Bertz CT molecular complexity index is 219.